The summed E-state index contributed by atoms with van der Waals surface area (Å²) in [5, 5.41) is 30.6. The highest BCUT2D eigenvalue weighted by Crippen LogP contribution is 2.38. The van der Waals surface area contributed by atoms with E-state index in [0.29, 0.717) is 29.9 Å². The summed E-state index contributed by atoms with van der Waals surface area (Å²) in [4.78, 5) is 38.0. The van der Waals surface area contributed by atoms with E-state index < -0.39 is 36.4 Å². The van der Waals surface area contributed by atoms with Crippen LogP contribution in [0.15, 0.2) is 97.3 Å². The Hall–Kier alpha value is -5.04. The van der Waals surface area contributed by atoms with Gasteiger partial charge in [-0.25, -0.2) is 9.78 Å². The highest BCUT2D eigenvalue weighted by Gasteiger charge is 2.49. The average molecular weight is 656 g/mol. The van der Waals surface area contributed by atoms with Gasteiger partial charge in [0.15, 0.2) is 22.7 Å². The van der Waals surface area contributed by atoms with Crippen LogP contribution in [0.1, 0.15) is 41.5 Å². The molecule has 13 heteroatoms. The number of fused-ring (bicyclic) bond motifs is 1. The minimum atomic E-state index is -1.95. The first-order valence-corrected chi connectivity index (χ1v) is 15.6. The van der Waals surface area contributed by atoms with E-state index in [9.17, 15) is 19.8 Å². The van der Waals surface area contributed by atoms with Gasteiger partial charge in [0.2, 0.25) is 11.2 Å². The van der Waals surface area contributed by atoms with Gasteiger partial charge in [-0.1, -0.05) is 91.0 Å². The molecule has 5 aromatic rings. The lowest BCUT2D eigenvalue weighted by Crippen LogP contribution is -2.57. The fourth-order valence-electron chi connectivity index (χ4n) is 5.89. The third-order valence-electron chi connectivity index (χ3n) is 8.27. The Morgan fingerprint density at radius 2 is 1.62 bits per heavy atom. The number of ether oxygens (including phenoxy) is 1. The second kappa shape index (κ2) is 14.2. The van der Waals surface area contributed by atoms with Crippen molar-refractivity contribution in [2.24, 2.45) is 0 Å². The molecule has 0 bridgehead atoms. The molecule has 3 aromatic carbocycles. The SMILES string of the molecule is O=C(CNC(=O)OCc1ccccc1)N[C@]1(O)CC[C@@H](n2cnc3c(NCC(c4ccccc4)c4ccccc4)nc(Cl)nc32)[C@@H]1O. The summed E-state index contributed by atoms with van der Waals surface area (Å²) < 4.78 is 6.75. The molecule has 0 aliphatic heterocycles. The molecule has 2 heterocycles. The largest absolute Gasteiger partial charge is 0.445 e. The van der Waals surface area contributed by atoms with Crippen LogP contribution in [0.3, 0.4) is 0 Å². The van der Waals surface area contributed by atoms with E-state index >= 15 is 0 Å². The molecule has 0 saturated heterocycles. The molecule has 47 heavy (non-hydrogen) atoms. The minimum Gasteiger partial charge on any atom is -0.445 e. The number of aliphatic hydroxyl groups excluding tert-OH is 1. The minimum absolute atomic E-state index is 0.0127. The smallest absolute Gasteiger partial charge is 0.407 e. The van der Waals surface area contributed by atoms with Crippen molar-refractivity contribution in [1.29, 1.82) is 0 Å². The molecule has 242 valence electrons. The predicted octanol–water partition coefficient (Wildman–Crippen LogP) is 4.15. The zero-order valence-corrected chi connectivity index (χ0v) is 26.0. The molecular formula is C34H34ClN7O5. The van der Waals surface area contributed by atoms with Gasteiger partial charge in [-0.3, -0.25) is 4.79 Å². The van der Waals surface area contributed by atoms with Gasteiger partial charge < -0.3 is 35.5 Å². The lowest BCUT2D eigenvalue weighted by Gasteiger charge is -2.30. The van der Waals surface area contributed by atoms with Crippen LogP contribution in [0, 0.1) is 0 Å². The van der Waals surface area contributed by atoms with Crippen LogP contribution in [0.2, 0.25) is 5.28 Å². The van der Waals surface area contributed by atoms with Crippen molar-refractivity contribution < 1.29 is 24.5 Å². The molecule has 12 nitrogen and oxygen atoms in total. The van der Waals surface area contributed by atoms with Gasteiger partial charge in [0.1, 0.15) is 19.3 Å². The van der Waals surface area contributed by atoms with Gasteiger partial charge in [-0.2, -0.15) is 9.97 Å². The number of nitrogens with zero attached hydrogens (tertiary/aromatic N) is 4. The molecule has 5 N–H and O–H groups in total. The Morgan fingerprint density at radius 1 is 0.979 bits per heavy atom. The lowest BCUT2D eigenvalue weighted by atomic mass is 9.91. The van der Waals surface area contributed by atoms with Gasteiger partial charge in [0.05, 0.1) is 12.4 Å². The van der Waals surface area contributed by atoms with Crippen LogP contribution in [0.25, 0.3) is 11.2 Å². The molecule has 0 spiro atoms. The Labute approximate surface area is 275 Å². The van der Waals surface area contributed by atoms with Gasteiger partial charge >= 0.3 is 6.09 Å². The molecule has 0 radical (unpaired) electrons. The Bertz CT molecular complexity index is 1790. The van der Waals surface area contributed by atoms with E-state index in [-0.39, 0.29) is 24.2 Å². The number of carbonyl (C=O) groups excluding carboxylic acids is 2. The average Bonchev–Trinajstić information content (AvgIpc) is 3.63. The van der Waals surface area contributed by atoms with Crippen molar-refractivity contribution in [2.75, 3.05) is 18.4 Å². The van der Waals surface area contributed by atoms with Gasteiger partial charge in [0.25, 0.3) is 0 Å². The molecule has 0 unspecified atom stereocenters. The molecule has 3 atom stereocenters. The first-order chi connectivity index (χ1) is 22.8. The van der Waals surface area contributed by atoms with Crippen molar-refractivity contribution in [3.63, 3.8) is 0 Å². The zero-order valence-electron chi connectivity index (χ0n) is 25.3. The second-order valence-corrected chi connectivity index (χ2v) is 11.7. The third kappa shape index (κ3) is 7.35. The number of imidazole rings is 1. The van der Waals surface area contributed by atoms with Crippen LogP contribution in [-0.2, 0) is 16.1 Å². The number of hydrogen-bond acceptors (Lipinski definition) is 9. The van der Waals surface area contributed by atoms with E-state index in [1.807, 2.05) is 66.7 Å². The summed E-state index contributed by atoms with van der Waals surface area (Å²) in [6.45, 7) is 0.0874. The zero-order chi connectivity index (χ0) is 32.8. The van der Waals surface area contributed by atoms with Crippen molar-refractivity contribution in [3.8, 4) is 0 Å². The molecule has 1 aliphatic rings. The third-order valence-corrected chi connectivity index (χ3v) is 8.43. The first-order valence-electron chi connectivity index (χ1n) is 15.2. The standard InChI is InChI=1S/C34H34ClN7O5/c35-32-39-30(36-18-25(23-12-6-2-7-13-23)24-14-8-3-9-15-24)28-31(40-32)42(21-38-28)26-16-17-34(46,29(26)44)41-27(43)19-37-33(45)47-20-22-10-4-1-5-11-22/h1-15,21,25-26,29,44,46H,16-20H2,(H,37,45)(H,41,43)(H,36,39,40)/t26-,29+,34+/m1/s1. The maximum Gasteiger partial charge on any atom is 0.407 e. The summed E-state index contributed by atoms with van der Waals surface area (Å²) in [6, 6.07) is 28.7. The first kappa shape index (κ1) is 31.9. The fraction of sp³-hybridized carbons (Fsp3) is 0.265. The van der Waals surface area contributed by atoms with Crippen LogP contribution < -0.4 is 16.0 Å². The van der Waals surface area contributed by atoms with Crippen LogP contribution in [-0.4, -0.2) is 66.7 Å². The molecule has 1 fully saturated rings. The number of amides is 2. The normalized spacial score (nSPS) is 19.1. The molecule has 2 aromatic heterocycles. The predicted molar refractivity (Wildman–Crippen MR) is 176 cm³/mol. The summed E-state index contributed by atoms with van der Waals surface area (Å²) in [5.41, 5.74) is 1.91. The number of anilines is 1. The Kier molecular flexibility index (Phi) is 9.62. The van der Waals surface area contributed by atoms with Crippen LogP contribution in [0.5, 0.6) is 0 Å². The summed E-state index contributed by atoms with van der Waals surface area (Å²) in [7, 11) is 0. The molecular weight excluding hydrogens is 622 g/mol. The molecule has 1 saturated carbocycles. The summed E-state index contributed by atoms with van der Waals surface area (Å²) in [5.74, 6) is -0.252. The number of alkyl carbamates (subject to hydrolysis) is 1. The number of carbonyl (C=O) groups is 2. The Morgan fingerprint density at radius 3 is 2.28 bits per heavy atom. The number of halogens is 1. The number of hydrogen-bond donors (Lipinski definition) is 5. The van der Waals surface area contributed by atoms with Crippen LogP contribution >= 0.6 is 11.6 Å². The van der Waals surface area contributed by atoms with Gasteiger partial charge in [-0.05, 0) is 41.1 Å². The van der Waals surface area contributed by atoms with Crippen LogP contribution in [0.4, 0.5) is 10.6 Å². The van der Waals surface area contributed by atoms with E-state index in [0.717, 1.165) is 16.7 Å². The summed E-state index contributed by atoms with van der Waals surface area (Å²) in [6.07, 6.45) is -0.351. The second-order valence-electron chi connectivity index (χ2n) is 11.4. The Balaban J connectivity index is 1.12. The fourth-order valence-corrected chi connectivity index (χ4v) is 6.05. The monoisotopic (exact) mass is 655 g/mol. The van der Waals surface area contributed by atoms with Crippen molar-refractivity contribution in [1.82, 2.24) is 30.2 Å². The number of aromatic nitrogens is 4. The van der Waals surface area contributed by atoms with Crippen molar-refractivity contribution in [3.05, 3.63) is 119 Å². The lowest BCUT2D eigenvalue weighted by molar-refractivity contribution is -0.137. The quantitative estimate of drug-likeness (QED) is 0.104. The van der Waals surface area contributed by atoms with E-state index in [1.54, 1.807) is 4.57 Å². The van der Waals surface area contributed by atoms with E-state index in [1.165, 1.54) is 6.33 Å². The molecule has 2 amide bonds. The molecule has 6 rings (SSSR count). The number of aliphatic hydroxyl groups is 2. The van der Waals surface area contributed by atoms with E-state index in [2.05, 4.69) is 55.2 Å². The maximum atomic E-state index is 12.6. The van der Waals surface area contributed by atoms with Gasteiger partial charge in [-0.15, -0.1) is 0 Å². The summed E-state index contributed by atoms with van der Waals surface area (Å²) >= 11 is 6.37. The number of benzene rings is 3. The number of rotatable bonds is 11. The topological polar surface area (TPSA) is 164 Å². The molecule has 1 aliphatic carbocycles. The van der Waals surface area contributed by atoms with Gasteiger partial charge in [0, 0.05) is 12.5 Å². The highest BCUT2D eigenvalue weighted by atomic mass is 35.5. The van der Waals surface area contributed by atoms with Crippen molar-refractivity contribution in [2.45, 2.75) is 43.2 Å². The van der Waals surface area contributed by atoms with E-state index in [4.69, 9.17) is 16.3 Å². The number of nitrogens with one attached hydrogen (secondary N) is 3. The maximum absolute atomic E-state index is 12.6. The highest BCUT2D eigenvalue weighted by molar-refractivity contribution is 6.28. The van der Waals surface area contributed by atoms with Crippen molar-refractivity contribution >= 4 is 40.6 Å².